The van der Waals surface area contributed by atoms with Gasteiger partial charge >= 0.3 is 0 Å². The van der Waals surface area contributed by atoms with Gasteiger partial charge in [0, 0.05) is 31.0 Å². The number of imide groups is 2. The zero-order valence-corrected chi connectivity index (χ0v) is 18.4. The Labute approximate surface area is 190 Å². The molecular weight excluding hydrogens is 420 g/mol. The number of carbonyl (C=O) groups is 4. The summed E-state index contributed by atoms with van der Waals surface area (Å²) in [6.45, 7) is 0. The van der Waals surface area contributed by atoms with Crippen molar-refractivity contribution in [3.05, 3.63) is 53.6 Å². The van der Waals surface area contributed by atoms with E-state index in [1.54, 1.807) is 0 Å². The lowest BCUT2D eigenvalue weighted by Crippen LogP contribution is -2.42. The van der Waals surface area contributed by atoms with E-state index in [4.69, 9.17) is 0 Å². The molecule has 7 heteroatoms. The van der Waals surface area contributed by atoms with E-state index < -0.39 is 29.6 Å². The maximum absolute atomic E-state index is 13.2. The number of hydrogen-bond donors (Lipinski definition) is 1. The van der Waals surface area contributed by atoms with Crippen LogP contribution in [-0.4, -0.2) is 52.6 Å². The Morgan fingerprint density at radius 3 is 2.21 bits per heavy atom. The lowest BCUT2D eigenvalue weighted by atomic mass is 9.57. The molecule has 6 atom stereocenters. The number of aromatic hydroxyl groups is 1. The van der Waals surface area contributed by atoms with Gasteiger partial charge in [-0.3, -0.25) is 29.0 Å². The molecule has 7 nitrogen and oxygen atoms in total. The number of carbonyl (C=O) groups excluding carboxylic acids is 4. The fraction of sp³-hybridized carbons (Fsp3) is 0.385. The summed E-state index contributed by atoms with van der Waals surface area (Å²) in [6, 6.07) is 11.2. The lowest BCUT2D eigenvalue weighted by Gasteiger charge is -2.44. The summed E-state index contributed by atoms with van der Waals surface area (Å²) in [5, 5.41) is 12.8. The molecule has 2 heterocycles. The fourth-order valence-electron chi connectivity index (χ4n) is 6.77. The molecule has 2 saturated heterocycles. The monoisotopic (exact) mass is 444 g/mol. The minimum atomic E-state index is -0.626. The summed E-state index contributed by atoms with van der Waals surface area (Å²) in [5.74, 6) is -3.79. The van der Waals surface area contributed by atoms with Gasteiger partial charge in [-0.15, -0.1) is 0 Å². The van der Waals surface area contributed by atoms with Gasteiger partial charge in [0.15, 0.2) is 0 Å². The van der Waals surface area contributed by atoms with Crippen LogP contribution >= 0.6 is 0 Å². The Morgan fingerprint density at radius 1 is 0.788 bits per heavy atom. The van der Waals surface area contributed by atoms with Crippen molar-refractivity contribution in [1.29, 1.82) is 0 Å². The number of allylic oxidation sites excluding steroid dienone is 2. The number of hydrogen-bond acceptors (Lipinski definition) is 5. The van der Waals surface area contributed by atoms with E-state index >= 15 is 0 Å². The highest BCUT2D eigenvalue weighted by Gasteiger charge is 2.61. The van der Waals surface area contributed by atoms with Crippen molar-refractivity contribution < 1.29 is 24.3 Å². The van der Waals surface area contributed by atoms with Gasteiger partial charge < -0.3 is 5.11 Å². The van der Waals surface area contributed by atoms with Crippen LogP contribution in [0.5, 0.6) is 5.75 Å². The quantitative estimate of drug-likeness (QED) is 0.539. The second-order valence-corrected chi connectivity index (χ2v) is 9.72. The Hall–Kier alpha value is -3.48. The Balaban J connectivity index is 1.56. The molecule has 2 aliphatic heterocycles. The summed E-state index contributed by atoms with van der Waals surface area (Å²) in [5.41, 5.74) is 1.50. The molecular formula is C26H24N2O5. The third-order valence-corrected chi connectivity index (χ3v) is 8.36. The third kappa shape index (κ3) is 2.50. The van der Waals surface area contributed by atoms with Crippen molar-refractivity contribution in [2.24, 2.45) is 29.6 Å². The van der Waals surface area contributed by atoms with Crippen molar-refractivity contribution in [3.63, 3.8) is 0 Å². The van der Waals surface area contributed by atoms with Crippen LogP contribution in [0.3, 0.4) is 0 Å². The van der Waals surface area contributed by atoms with Crippen molar-refractivity contribution in [2.45, 2.75) is 18.8 Å². The largest absolute Gasteiger partial charge is 0.507 e. The number of amides is 4. The summed E-state index contributed by atoms with van der Waals surface area (Å²) in [4.78, 5) is 54.4. The standard InChI is InChI=1S/C26H24N2O5/c1-27-23(30)16-10-9-14-17(20(16)25(27)32)11-18-21(26(33)28(2)24(18)31)19(14)15-8-7-12-5-3-4-6-13(12)22(15)29/h3-9,16-21,29H,10-11H2,1-2H3/t16-,17+,18+,19+,20-,21+/m0/s1. The van der Waals surface area contributed by atoms with E-state index in [2.05, 4.69) is 0 Å². The van der Waals surface area contributed by atoms with Crippen molar-refractivity contribution in [3.8, 4) is 5.75 Å². The molecule has 168 valence electrons. The number of benzene rings is 2. The van der Waals surface area contributed by atoms with Crippen molar-refractivity contribution in [2.75, 3.05) is 14.1 Å². The highest BCUT2D eigenvalue weighted by atomic mass is 16.3. The van der Waals surface area contributed by atoms with Crippen molar-refractivity contribution in [1.82, 2.24) is 9.80 Å². The number of rotatable bonds is 1. The second kappa shape index (κ2) is 6.76. The minimum absolute atomic E-state index is 0.0984. The number of likely N-dealkylation sites (tertiary alicyclic amines) is 2. The molecule has 2 aliphatic carbocycles. The number of phenolic OH excluding ortho intramolecular Hbond substituents is 1. The molecule has 33 heavy (non-hydrogen) atoms. The number of phenols is 1. The zero-order chi connectivity index (χ0) is 23.2. The van der Waals surface area contributed by atoms with Gasteiger partial charge in [0.1, 0.15) is 5.75 Å². The van der Waals surface area contributed by atoms with Gasteiger partial charge in [-0.1, -0.05) is 48.0 Å². The molecule has 0 aromatic heterocycles. The highest BCUT2D eigenvalue weighted by molar-refractivity contribution is 6.07. The van der Waals surface area contributed by atoms with Gasteiger partial charge in [0.2, 0.25) is 23.6 Å². The lowest BCUT2D eigenvalue weighted by molar-refractivity contribution is -0.140. The molecule has 1 N–H and O–H groups in total. The first-order chi connectivity index (χ1) is 15.8. The number of fused-ring (bicyclic) bond motifs is 5. The molecule has 2 aromatic rings. The Morgan fingerprint density at radius 2 is 1.45 bits per heavy atom. The third-order valence-electron chi connectivity index (χ3n) is 8.36. The van der Waals surface area contributed by atoms with E-state index in [0.717, 1.165) is 11.0 Å². The fourth-order valence-corrected chi connectivity index (χ4v) is 6.77. The maximum atomic E-state index is 13.2. The van der Waals surface area contributed by atoms with Gasteiger partial charge in [-0.25, -0.2) is 0 Å². The van der Waals surface area contributed by atoms with Crippen LogP contribution in [0, 0.1) is 29.6 Å². The molecule has 0 radical (unpaired) electrons. The van der Waals surface area contributed by atoms with Gasteiger partial charge in [-0.05, 0) is 24.1 Å². The molecule has 6 rings (SSSR count). The molecule has 4 aliphatic rings. The van der Waals surface area contributed by atoms with E-state index in [9.17, 15) is 24.3 Å². The van der Waals surface area contributed by atoms with Crippen LogP contribution in [0.1, 0.15) is 24.3 Å². The Kier molecular flexibility index (Phi) is 4.13. The molecule has 3 fully saturated rings. The average molecular weight is 444 g/mol. The molecule has 4 amide bonds. The average Bonchev–Trinajstić information content (AvgIpc) is 3.18. The first kappa shape index (κ1) is 20.1. The van der Waals surface area contributed by atoms with E-state index in [0.29, 0.717) is 23.8 Å². The zero-order valence-electron chi connectivity index (χ0n) is 18.4. The summed E-state index contributed by atoms with van der Waals surface area (Å²) >= 11 is 0. The van der Waals surface area contributed by atoms with Gasteiger partial charge in [-0.2, -0.15) is 0 Å². The first-order valence-corrected chi connectivity index (χ1v) is 11.3. The first-order valence-electron chi connectivity index (χ1n) is 11.3. The molecule has 0 unspecified atom stereocenters. The van der Waals surface area contributed by atoms with Crippen LogP contribution in [0.15, 0.2) is 48.0 Å². The smallest absolute Gasteiger partial charge is 0.233 e. The topological polar surface area (TPSA) is 95.0 Å². The van der Waals surface area contributed by atoms with Crippen LogP contribution in [-0.2, 0) is 19.2 Å². The Bertz CT molecular complexity index is 1300. The van der Waals surface area contributed by atoms with E-state index in [1.165, 1.54) is 23.9 Å². The van der Waals surface area contributed by atoms with Crippen LogP contribution in [0.2, 0.25) is 0 Å². The molecule has 0 bridgehead atoms. The highest BCUT2D eigenvalue weighted by Crippen LogP contribution is 2.58. The maximum Gasteiger partial charge on any atom is 0.233 e. The summed E-state index contributed by atoms with van der Waals surface area (Å²) < 4.78 is 0. The molecule has 1 saturated carbocycles. The van der Waals surface area contributed by atoms with E-state index in [1.807, 2.05) is 42.5 Å². The predicted octanol–water partition coefficient (Wildman–Crippen LogP) is 2.44. The SMILES string of the molecule is CN1C(=O)[C@H]2[C@H](CC=C3[C@H]2C[C@H]2C(=O)N(C)C(=O)[C@H]2[C@H]3c2ccc3ccccc3c2O)C1=O. The van der Waals surface area contributed by atoms with E-state index in [-0.39, 0.29) is 35.3 Å². The normalized spacial score (nSPS) is 33.3. The second-order valence-electron chi connectivity index (χ2n) is 9.72. The predicted molar refractivity (Wildman–Crippen MR) is 119 cm³/mol. The molecule has 0 spiro atoms. The van der Waals surface area contributed by atoms with Crippen LogP contribution in [0.25, 0.3) is 10.8 Å². The van der Waals surface area contributed by atoms with Gasteiger partial charge in [0.05, 0.1) is 23.7 Å². The van der Waals surface area contributed by atoms with Crippen LogP contribution in [0.4, 0.5) is 0 Å². The number of nitrogens with zero attached hydrogens (tertiary/aromatic N) is 2. The summed E-state index contributed by atoms with van der Waals surface area (Å²) in [6.07, 6.45) is 2.78. The van der Waals surface area contributed by atoms with Crippen LogP contribution < -0.4 is 0 Å². The summed E-state index contributed by atoms with van der Waals surface area (Å²) in [7, 11) is 3.01. The van der Waals surface area contributed by atoms with Crippen molar-refractivity contribution >= 4 is 34.4 Å². The van der Waals surface area contributed by atoms with Gasteiger partial charge in [0.25, 0.3) is 0 Å². The minimum Gasteiger partial charge on any atom is -0.507 e. The molecule has 2 aromatic carbocycles.